The van der Waals surface area contributed by atoms with E-state index in [9.17, 15) is 5.11 Å². The molecule has 4 heteroatoms. The van der Waals surface area contributed by atoms with Crippen molar-refractivity contribution < 1.29 is 9.52 Å². The molecule has 0 aliphatic heterocycles. The normalized spacial score (nSPS) is 13.0. The number of H-pyrrole nitrogens is 1. The van der Waals surface area contributed by atoms with Crippen LogP contribution in [0.1, 0.15) is 17.7 Å². The lowest BCUT2D eigenvalue weighted by Crippen LogP contribution is -2.01. The summed E-state index contributed by atoms with van der Waals surface area (Å²) >= 11 is 0. The highest BCUT2D eigenvalue weighted by Gasteiger charge is 2.13. The van der Waals surface area contributed by atoms with Crippen LogP contribution in [0.2, 0.25) is 0 Å². The molecule has 0 bridgehead atoms. The van der Waals surface area contributed by atoms with Crippen molar-refractivity contribution in [2.75, 3.05) is 0 Å². The van der Waals surface area contributed by atoms with E-state index in [0.717, 1.165) is 16.9 Å². The first-order chi connectivity index (χ1) is 8.33. The first-order valence-corrected chi connectivity index (χ1v) is 5.48. The van der Waals surface area contributed by atoms with Crippen molar-refractivity contribution in [1.82, 2.24) is 9.97 Å². The Labute approximate surface area is 97.9 Å². The molecule has 0 saturated heterocycles. The maximum absolute atomic E-state index is 9.93. The molecule has 0 saturated carbocycles. The number of aromatic amines is 1. The number of fused-ring (bicyclic) bond motifs is 1. The van der Waals surface area contributed by atoms with Crippen LogP contribution in [0.4, 0.5) is 0 Å². The summed E-state index contributed by atoms with van der Waals surface area (Å²) in [6.07, 6.45) is 1.31. The summed E-state index contributed by atoms with van der Waals surface area (Å²) < 4.78 is 5.15. The Morgan fingerprint density at radius 3 is 2.88 bits per heavy atom. The van der Waals surface area contributed by atoms with Gasteiger partial charge >= 0.3 is 0 Å². The molecule has 86 valence electrons. The summed E-state index contributed by atoms with van der Waals surface area (Å²) in [5.41, 5.74) is 1.89. The fraction of sp³-hybridized carbons (Fsp3) is 0.154. The lowest BCUT2D eigenvalue weighted by Gasteiger charge is -2.04. The van der Waals surface area contributed by atoms with E-state index >= 15 is 0 Å². The number of furan rings is 1. The number of hydrogen-bond donors (Lipinski definition) is 2. The monoisotopic (exact) mass is 228 g/mol. The second kappa shape index (κ2) is 4.07. The number of para-hydroxylation sites is 2. The lowest BCUT2D eigenvalue weighted by atomic mass is 10.2. The first-order valence-electron chi connectivity index (χ1n) is 5.48. The van der Waals surface area contributed by atoms with Crippen molar-refractivity contribution in [3.05, 3.63) is 54.2 Å². The summed E-state index contributed by atoms with van der Waals surface area (Å²) in [4.78, 5) is 7.58. The van der Waals surface area contributed by atoms with Gasteiger partial charge in [-0.2, -0.15) is 0 Å². The Kier molecular flexibility index (Phi) is 2.42. The van der Waals surface area contributed by atoms with Crippen LogP contribution in [0.5, 0.6) is 0 Å². The molecule has 0 spiro atoms. The Balaban J connectivity index is 1.85. The summed E-state index contributed by atoms with van der Waals surface area (Å²) in [5, 5.41) is 9.93. The average molecular weight is 228 g/mol. The molecule has 0 aliphatic rings. The molecule has 0 radical (unpaired) electrons. The van der Waals surface area contributed by atoms with E-state index in [-0.39, 0.29) is 0 Å². The van der Waals surface area contributed by atoms with Gasteiger partial charge < -0.3 is 14.5 Å². The number of rotatable bonds is 3. The van der Waals surface area contributed by atoms with Crippen LogP contribution in [-0.2, 0) is 6.42 Å². The molecule has 1 unspecified atom stereocenters. The molecule has 0 fully saturated rings. The quantitative estimate of drug-likeness (QED) is 0.723. The van der Waals surface area contributed by atoms with Gasteiger partial charge in [0.1, 0.15) is 17.7 Å². The summed E-state index contributed by atoms with van der Waals surface area (Å²) in [6.45, 7) is 0. The molecule has 0 amide bonds. The molecule has 17 heavy (non-hydrogen) atoms. The Bertz CT molecular complexity index is 580. The highest BCUT2D eigenvalue weighted by atomic mass is 16.4. The third-order valence-corrected chi connectivity index (χ3v) is 2.70. The fourth-order valence-corrected chi connectivity index (χ4v) is 1.87. The van der Waals surface area contributed by atoms with Crippen molar-refractivity contribution in [3.8, 4) is 0 Å². The van der Waals surface area contributed by atoms with Gasteiger partial charge in [0.2, 0.25) is 0 Å². The molecule has 1 aromatic carbocycles. The van der Waals surface area contributed by atoms with Gasteiger partial charge in [0.15, 0.2) is 0 Å². The largest absolute Gasteiger partial charge is 0.467 e. The third kappa shape index (κ3) is 1.94. The van der Waals surface area contributed by atoms with Gasteiger partial charge in [-0.15, -0.1) is 0 Å². The van der Waals surface area contributed by atoms with Crippen molar-refractivity contribution in [1.29, 1.82) is 0 Å². The molecule has 3 aromatic rings. The van der Waals surface area contributed by atoms with Gasteiger partial charge in [0, 0.05) is 6.42 Å². The van der Waals surface area contributed by atoms with Gasteiger partial charge in [0.25, 0.3) is 0 Å². The number of hydrogen-bond acceptors (Lipinski definition) is 3. The van der Waals surface area contributed by atoms with E-state index in [1.807, 2.05) is 24.3 Å². The number of aliphatic hydroxyl groups excluding tert-OH is 1. The summed E-state index contributed by atoms with van der Waals surface area (Å²) in [5.74, 6) is 1.32. The van der Waals surface area contributed by atoms with E-state index in [1.54, 1.807) is 18.4 Å². The van der Waals surface area contributed by atoms with Crippen LogP contribution in [0.3, 0.4) is 0 Å². The SMILES string of the molecule is OC(Cc1nc2ccccc2[nH]1)c1ccco1. The third-order valence-electron chi connectivity index (χ3n) is 2.70. The van der Waals surface area contributed by atoms with Crippen LogP contribution in [0.25, 0.3) is 11.0 Å². The van der Waals surface area contributed by atoms with Crippen LogP contribution in [0.15, 0.2) is 47.1 Å². The number of aliphatic hydroxyl groups is 1. The fourth-order valence-electron chi connectivity index (χ4n) is 1.87. The van der Waals surface area contributed by atoms with Crippen LogP contribution < -0.4 is 0 Å². The predicted molar refractivity (Wildman–Crippen MR) is 63.5 cm³/mol. The van der Waals surface area contributed by atoms with Gasteiger partial charge in [-0.3, -0.25) is 0 Å². The Morgan fingerprint density at radius 1 is 1.24 bits per heavy atom. The molecule has 2 aromatic heterocycles. The second-order valence-corrected chi connectivity index (χ2v) is 3.94. The lowest BCUT2D eigenvalue weighted by molar-refractivity contribution is 0.148. The van der Waals surface area contributed by atoms with E-state index < -0.39 is 6.10 Å². The number of aromatic nitrogens is 2. The average Bonchev–Trinajstić information content (AvgIpc) is 2.97. The molecule has 4 nitrogen and oxygen atoms in total. The Morgan fingerprint density at radius 2 is 2.12 bits per heavy atom. The summed E-state index contributed by atoms with van der Waals surface area (Å²) in [7, 11) is 0. The van der Waals surface area contributed by atoms with Gasteiger partial charge in [-0.1, -0.05) is 12.1 Å². The van der Waals surface area contributed by atoms with E-state index in [1.165, 1.54) is 0 Å². The van der Waals surface area contributed by atoms with Crippen LogP contribution in [-0.4, -0.2) is 15.1 Å². The van der Waals surface area contributed by atoms with Crippen LogP contribution >= 0.6 is 0 Å². The van der Waals surface area contributed by atoms with E-state index in [0.29, 0.717) is 12.2 Å². The van der Waals surface area contributed by atoms with Crippen molar-refractivity contribution >= 4 is 11.0 Å². The minimum absolute atomic E-state index is 0.419. The first kappa shape index (κ1) is 10.1. The maximum atomic E-state index is 9.93. The number of benzene rings is 1. The minimum atomic E-state index is -0.662. The van der Waals surface area contributed by atoms with Gasteiger partial charge in [-0.25, -0.2) is 4.98 Å². The molecular formula is C13H12N2O2. The predicted octanol–water partition coefficient (Wildman–Crippen LogP) is 2.43. The zero-order valence-electron chi connectivity index (χ0n) is 9.13. The van der Waals surface area contributed by atoms with E-state index in [4.69, 9.17) is 4.42 Å². The van der Waals surface area contributed by atoms with Crippen molar-refractivity contribution in [2.24, 2.45) is 0 Å². The highest BCUT2D eigenvalue weighted by Crippen LogP contribution is 2.19. The van der Waals surface area contributed by atoms with Crippen LogP contribution in [0, 0.1) is 0 Å². The van der Waals surface area contributed by atoms with E-state index in [2.05, 4.69) is 9.97 Å². The van der Waals surface area contributed by atoms with Gasteiger partial charge in [0.05, 0.1) is 17.3 Å². The number of imidazole rings is 1. The molecule has 2 heterocycles. The smallest absolute Gasteiger partial charge is 0.132 e. The maximum Gasteiger partial charge on any atom is 0.132 e. The zero-order chi connectivity index (χ0) is 11.7. The van der Waals surface area contributed by atoms with Gasteiger partial charge in [-0.05, 0) is 24.3 Å². The van der Waals surface area contributed by atoms with Crippen molar-refractivity contribution in [2.45, 2.75) is 12.5 Å². The Hall–Kier alpha value is -2.07. The molecular weight excluding hydrogens is 216 g/mol. The molecule has 2 N–H and O–H groups in total. The number of nitrogens with one attached hydrogen (secondary N) is 1. The van der Waals surface area contributed by atoms with Crippen molar-refractivity contribution in [3.63, 3.8) is 0 Å². The zero-order valence-corrected chi connectivity index (χ0v) is 9.13. The molecule has 0 aliphatic carbocycles. The highest BCUT2D eigenvalue weighted by molar-refractivity contribution is 5.74. The summed E-state index contributed by atoms with van der Waals surface area (Å²) in [6, 6.07) is 11.3. The number of nitrogens with zero attached hydrogens (tertiary/aromatic N) is 1. The minimum Gasteiger partial charge on any atom is -0.467 e. The molecule has 1 atom stereocenters. The topological polar surface area (TPSA) is 62.1 Å². The second-order valence-electron chi connectivity index (χ2n) is 3.94. The standard InChI is InChI=1S/C13H12N2O2/c16-11(12-6-3-7-17-12)8-13-14-9-4-1-2-5-10(9)15-13/h1-7,11,16H,8H2,(H,14,15). The molecule has 3 rings (SSSR count).